The highest BCUT2D eigenvalue weighted by Crippen LogP contribution is 2.38. The van der Waals surface area contributed by atoms with Gasteiger partial charge in [-0.3, -0.25) is 14.2 Å². The molecule has 1 aromatic heterocycles. The van der Waals surface area contributed by atoms with E-state index in [0.717, 1.165) is 6.07 Å². The van der Waals surface area contributed by atoms with Crippen molar-refractivity contribution in [1.82, 2.24) is 9.88 Å². The van der Waals surface area contributed by atoms with Gasteiger partial charge >= 0.3 is 0 Å². The van der Waals surface area contributed by atoms with Gasteiger partial charge < -0.3 is 10.4 Å². The normalized spacial score (nSPS) is 10.9. The summed E-state index contributed by atoms with van der Waals surface area (Å²) in [4.78, 5) is 23.8. The summed E-state index contributed by atoms with van der Waals surface area (Å²) in [6.07, 6.45) is 5.32. The van der Waals surface area contributed by atoms with E-state index in [2.05, 4.69) is 21.5 Å². The van der Waals surface area contributed by atoms with Gasteiger partial charge in [0.2, 0.25) is 5.88 Å². The highest BCUT2D eigenvalue weighted by molar-refractivity contribution is 5.97. The van der Waals surface area contributed by atoms with E-state index in [1.54, 1.807) is 24.3 Å². The third kappa shape index (κ3) is 3.88. The van der Waals surface area contributed by atoms with Crippen LogP contribution < -0.4 is 5.32 Å². The third-order valence-corrected chi connectivity index (χ3v) is 3.92. The van der Waals surface area contributed by atoms with Crippen LogP contribution in [0.5, 0.6) is 5.88 Å². The monoisotopic (exact) mass is 378 g/mol. The molecule has 7 nitrogen and oxygen atoms in total. The van der Waals surface area contributed by atoms with Crippen LogP contribution in [0.2, 0.25) is 0 Å². The lowest BCUT2D eigenvalue weighted by molar-refractivity contribution is -0.117. The molecule has 3 aromatic rings. The van der Waals surface area contributed by atoms with Gasteiger partial charge in [-0.25, -0.2) is 4.39 Å². The van der Waals surface area contributed by atoms with E-state index in [9.17, 15) is 19.1 Å². The SMILES string of the molecule is C#CCn1c(O)c(N=NC(=O)CNC(=O)c2cccc(F)c2)c2ccccc21. The summed E-state index contributed by atoms with van der Waals surface area (Å²) >= 11 is 0. The molecule has 0 radical (unpaired) electrons. The van der Waals surface area contributed by atoms with Gasteiger partial charge in [-0.1, -0.05) is 30.2 Å². The average molecular weight is 378 g/mol. The highest BCUT2D eigenvalue weighted by atomic mass is 19.1. The first-order valence-corrected chi connectivity index (χ1v) is 8.23. The number of amides is 2. The number of rotatable bonds is 5. The van der Waals surface area contributed by atoms with E-state index in [4.69, 9.17) is 6.42 Å². The van der Waals surface area contributed by atoms with Crippen molar-refractivity contribution in [2.24, 2.45) is 10.2 Å². The quantitative estimate of drug-likeness (QED) is 0.527. The molecule has 8 heteroatoms. The Morgan fingerprint density at radius 1 is 1.21 bits per heavy atom. The van der Waals surface area contributed by atoms with Crippen molar-refractivity contribution in [2.75, 3.05) is 6.54 Å². The molecular weight excluding hydrogens is 363 g/mol. The number of hydrogen-bond donors (Lipinski definition) is 2. The minimum atomic E-state index is -0.738. The minimum absolute atomic E-state index is 0.0831. The number of halogens is 1. The van der Waals surface area contributed by atoms with E-state index >= 15 is 0 Å². The molecule has 0 aliphatic carbocycles. The van der Waals surface area contributed by atoms with E-state index < -0.39 is 24.2 Å². The second kappa shape index (κ2) is 8.14. The van der Waals surface area contributed by atoms with Crippen molar-refractivity contribution in [3.05, 3.63) is 59.9 Å². The zero-order valence-electron chi connectivity index (χ0n) is 14.6. The molecule has 3 rings (SSSR count). The van der Waals surface area contributed by atoms with Crippen LogP contribution >= 0.6 is 0 Å². The average Bonchev–Trinajstić information content (AvgIpc) is 2.96. The van der Waals surface area contributed by atoms with Crippen LogP contribution in [0.3, 0.4) is 0 Å². The van der Waals surface area contributed by atoms with Crippen LogP contribution in [0.4, 0.5) is 10.1 Å². The third-order valence-electron chi connectivity index (χ3n) is 3.92. The zero-order valence-corrected chi connectivity index (χ0v) is 14.6. The van der Waals surface area contributed by atoms with Crippen molar-refractivity contribution in [2.45, 2.75) is 6.54 Å². The lowest BCUT2D eigenvalue weighted by atomic mass is 10.2. The van der Waals surface area contributed by atoms with Crippen molar-refractivity contribution in [3.63, 3.8) is 0 Å². The molecule has 0 saturated carbocycles. The van der Waals surface area contributed by atoms with E-state index in [0.29, 0.717) is 10.9 Å². The Morgan fingerprint density at radius 3 is 2.75 bits per heavy atom. The summed E-state index contributed by atoms with van der Waals surface area (Å²) < 4.78 is 14.6. The summed E-state index contributed by atoms with van der Waals surface area (Å²) in [5.74, 6) is 0.318. The number of hydrogen-bond acceptors (Lipinski definition) is 4. The molecule has 1 heterocycles. The van der Waals surface area contributed by atoms with Gasteiger partial charge in [-0.05, 0) is 24.3 Å². The zero-order chi connectivity index (χ0) is 20.1. The molecule has 0 aliphatic heterocycles. The number of nitrogens with zero attached hydrogens (tertiary/aromatic N) is 3. The molecular formula is C20H15FN4O3. The second-order valence-corrected chi connectivity index (χ2v) is 5.77. The van der Waals surface area contributed by atoms with Crippen LogP contribution in [-0.2, 0) is 11.3 Å². The van der Waals surface area contributed by atoms with Gasteiger partial charge in [0.1, 0.15) is 12.4 Å². The van der Waals surface area contributed by atoms with Crippen molar-refractivity contribution in [1.29, 1.82) is 0 Å². The Bertz CT molecular complexity index is 1130. The molecule has 0 aliphatic rings. The molecule has 0 fully saturated rings. The van der Waals surface area contributed by atoms with Crippen LogP contribution in [0.15, 0.2) is 58.8 Å². The van der Waals surface area contributed by atoms with Crippen LogP contribution in [-0.4, -0.2) is 28.0 Å². The fourth-order valence-corrected chi connectivity index (χ4v) is 2.65. The van der Waals surface area contributed by atoms with Crippen LogP contribution in [0.1, 0.15) is 10.4 Å². The number of terminal acetylenes is 1. The predicted molar refractivity (Wildman–Crippen MR) is 101 cm³/mol. The van der Waals surface area contributed by atoms with Gasteiger partial charge in [-0.2, -0.15) is 0 Å². The molecule has 0 atom stereocenters. The molecule has 0 saturated heterocycles. The minimum Gasteiger partial charge on any atom is -0.493 e. The fraction of sp³-hybridized carbons (Fsp3) is 0.100. The highest BCUT2D eigenvalue weighted by Gasteiger charge is 2.16. The van der Waals surface area contributed by atoms with Gasteiger partial charge in [-0.15, -0.1) is 16.7 Å². The van der Waals surface area contributed by atoms with Crippen molar-refractivity contribution < 1.29 is 19.1 Å². The summed E-state index contributed by atoms with van der Waals surface area (Å²) in [7, 11) is 0. The smallest absolute Gasteiger partial charge is 0.283 e. The van der Waals surface area contributed by atoms with Gasteiger partial charge in [0.25, 0.3) is 11.8 Å². The first kappa shape index (κ1) is 18.8. The predicted octanol–water partition coefficient (Wildman–Crippen LogP) is 3.16. The van der Waals surface area contributed by atoms with Crippen molar-refractivity contribution >= 4 is 28.4 Å². The number of azo groups is 1. The number of benzene rings is 2. The molecule has 28 heavy (non-hydrogen) atoms. The first-order chi connectivity index (χ1) is 13.5. The van der Waals surface area contributed by atoms with Gasteiger partial charge in [0, 0.05) is 10.9 Å². The first-order valence-electron chi connectivity index (χ1n) is 8.23. The lowest BCUT2D eigenvalue weighted by Gasteiger charge is -2.02. The van der Waals surface area contributed by atoms with Gasteiger partial charge in [0.05, 0.1) is 12.1 Å². The van der Waals surface area contributed by atoms with Gasteiger partial charge in [0.15, 0.2) is 5.69 Å². The maximum absolute atomic E-state index is 13.1. The molecule has 2 aromatic carbocycles. The molecule has 2 N–H and O–H groups in total. The van der Waals surface area contributed by atoms with Crippen molar-refractivity contribution in [3.8, 4) is 18.2 Å². The lowest BCUT2D eigenvalue weighted by Crippen LogP contribution is -2.28. The number of fused-ring (bicyclic) bond motifs is 1. The summed E-state index contributed by atoms with van der Waals surface area (Å²) in [5, 5.41) is 20.6. The summed E-state index contributed by atoms with van der Waals surface area (Å²) in [6.45, 7) is -0.303. The summed E-state index contributed by atoms with van der Waals surface area (Å²) in [6, 6.07) is 12.1. The number of nitrogens with one attached hydrogen (secondary N) is 1. The Balaban J connectivity index is 1.73. The standard InChI is InChI=1S/C20H15FN4O3/c1-2-10-25-16-9-4-3-8-15(16)18(20(25)28)24-23-17(26)12-22-19(27)13-6-5-7-14(21)11-13/h1,3-9,11,28H,10,12H2,(H,22,27). The number of para-hydroxylation sites is 1. The maximum atomic E-state index is 13.1. The number of aromatic hydroxyl groups is 1. The number of carbonyl (C=O) groups excluding carboxylic acids is 2. The Kier molecular flexibility index (Phi) is 5.46. The molecule has 2 amide bonds. The Morgan fingerprint density at radius 2 is 2.00 bits per heavy atom. The number of aromatic nitrogens is 1. The second-order valence-electron chi connectivity index (χ2n) is 5.77. The van der Waals surface area contributed by atoms with E-state index in [1.807, 2.05) is 0 Å². The molecule has 0 spiro atoms. The maximum Gasteiger partial charge on any atom is 0.283 e. The number of carbonyl (C=O) groups is 2. The largest absolute Gasteiger partial charge is 0.493 e. The Hall–Kier alpha value is -3.99. The van der Waals surface area contributed by atoms with E-state index in [1.165, 1.54) is 22.8 Å². The molecule has 0 bridgehead atoms. The molecule has 0 unspecified atom stereocenters. The fourth-order valence-electron chi connectivity index (χ4n) is 2.65. The summed E-state index contributed by atoms with van der Waals surface area (Å²) in [5.41, 5.74) is 0.842. The van der Waals surface area contributed by atoms with Crippen LogP contribution in [0, 0.1) is 18.2 Å². The van der Waals surface area contributed by atoms with Crippen LogP contribution in [0.25, 0.3) is 10.9 Å². The molecule has 140 valence electrons. The topological polar surface area (TPSA) is 96.0 Å². The Labute approximate surface area is 159 Å². The van der Waals surface area contributed by atoms with E-state index in [-0.39, 0.29) is 23.7 Å².